The van der Waals surface area contributed by atoms with Crippen molar-refractivity contribution in [2.45, 2.75) is 23.3 Å². The molecule has 1 amide bonds. The van der Waals surface area contributed by atoms with Crippen LogP contribution in [0.2, 0.25) is 5.02 Å². The molecule has 0 bridgehead atoms. The van der Waals surface area contributed by atoms with E-state index in [9.17, 15) is 13.2 Å². The molecule has 1 fully saturated rings. The highest BCUT2D eigenvalue weighted by atomic mass is 35.5. The Morgan fingerprint density at radius 1 is 1.37 bits per heavy atom. The van der Waals surface area contributed by atoms with Gasteiger partial charge in [-0.2, -0.15) is 0 Å². The third kappa shape index (κ3) is 3.28. The van der Waals surface area contributed by atoms with Gasteiger partial charge in [0.2, 0.25) is 5.88 Å². The second-order valence-corrected chi connectivity index (χ2v) is 8.53. The molecule has 2 N–H and O–H groups in total. The van der Waals surface area contributed by atoms with E-state index in [2.05, 4.69) is 15.0 Å². The fourth-order valence-corrected chi connectivity index (χ4v) is 4.40. The number of nitrogens with one attached hydrogen (secondary N) is 2. The first-order valence-corrected chi connectivity index (χ1v) is 10.0. The summed E-state index contributed by atoms with van der Waals surface area (Å²) < 4.78 is 38.6. The van der Waals surface area contributed by atoms with Gasteiger partial charge in [0, 0.05) is 0 Å². The summed E-state index contributed by atoms with van der Waals surface area (Å²) in [4.78, 5) is 16.4. The van der Waals surface area contributed by atoms with Gasteiger partial charge in [-0.3, -0.25) is 9.52 Å². The first-order chi connectivity index (χ1) is 12.8. The molecule has 1 saturated carbocycles. The summed E-state index contributed by atoms with van der Waals surface area (Å²) in [6, 6.07) is 5.80. The van der Waals surface area contributed by atoms with E-state index in [1.54, 1.807) is 0 Å². The van der Waals surface area contributed by atoms with E-state index in [1.807, 2.05) is 0 Å². The molecule has 1 aliphatic heterocycles. The quantitative estimate of drug-likeness (QED) is 0.801. The van der Waals surface area contributed by atoms with E-state index in [0.717, 1.165) is 12.8 Å². The van der Waals surface area contributed by atoms with Crippen molar-refractivity contribution >= 4 is 33.2 Å². The van der Waals surface area contributed by atoms with Crippen LogP contribution < -0.4 is 19.5 Å². The number of halogens is 1. The summed E-state index contributed by atoms with van der Waals surface area (Å²) >= 11 is 6.00. The van der Waals surface area contributed by atoms with Gasteiger partial charge in [-0.15, -0.1) is 0 Å². The average molecular weight is 410 g/mol. The molecule has 8 nitrogen and oxygen atoms in total. The number of hydrogen-bond donors (Lipinski definition) is 2. The summed E-state index contributed by atoms with van der Waals surface area (Å²) in [5, 5.41) is 3.08. The largest absolute Gasteiger partial charge is 0.494 e. The topological polar surface area (TPSA) is 107 Å². The number of hydrogen-bond acceptors (Lipinski definition) is 6. The number of nitrogens with zero attached hydrogens (tertiary/aromatic N) is 1. The molecular weight excluding hydrogens is 394 g/mol. The lowest BCUT2D eigenvalue weighted by Crippen LogP contribution is -2.38. The van der Waals surface area contributed by atoms with Gasteiger partial charge in [0.05, 0.1) is 29.6 Å². The molecule has 0 atom stereocenters. The van der Waals surface area contributed by atoms with Crippen molar-refractivity contribution in [3.63, 3.8) is 0 Å². The number of methoxy groups -OCH3 is 1. The Balaban J connectivity index is 1.66. The summed E-state index contributed by atoms with van der Waals surface area (Å²) in [5.74, 6) is -0.125. The highest BCUT2D eigenvalue weighted by Crippen LogP contribution is 2.39. The van der Waals surface area contributed by atoms with Crippen molar-refractivity contribution in [1.82, 2.24) is 10.3 Å². The third-order valence-electron chi connectivity index (χ3n) is 4.49. The number of sulfonamides is 1. The molecule has 1 aliphatic carbocycles. The molecule has 1 aromatic heterocycles. The lowest BCUT2D eigenvalue weighted by atomic mass is 10.2. The summed E-state index contributed by atoms with van der Waals surface area (Å²) in [5.41, 5.74) is -0.0238. The zero-order valence-corrected chi connectivity index (χ0v) is 15.9. The second-order valence-electron chi connectivity index (χ2n) is 6.48. The van der Waals surface area contributed by atoms with Crippen LogP contribution in [0.15, 0.2) is 35.4 Å². The van der Waals surface area contributed by atoms with Gasteiger partial charge in [-0.05, 0) is 31.0 Å². The van der Waals surface area contributed by atoms with Gasteiger partial charge >= 0.3 is 0 Å². The molecule has 0 radical (unpaired) electrons. The minimum atomic E-state index is -4.01. The molecule has 1 aromatic carbocycles. The number of benzene rings is 1. The number of aromatic nitrogens is 1. The molecule has 10 heteroatoms. The van der Waals surface area contributed by atoms with Crippen LogP contribution in [0.1, 0.15) is 23.2 Å². The number of amides is 1. The third-order valence-corrected chi connectivity index (χ3v) is 6.19. The number of pyridine rings is 1. The van der Waals surface area contributed by atoms with Crippen LogP contribution in [0.5, 0.6) is 11.6 Å². The normalized spacial score (nSPS) is 17.3. The lowest BCUT2D eigenvalue weighted by molar-refractivity contribution is 0.0932. The predicted molar refractivity (Wildman–Crippen MR) is 98.0 cm³/mol. The van der Waals surface area contributed by atoms with Crippen LogP contribution in [-0.4, -0.2) is 38.6 Å². The van der Waals surface area contributed by atoms with Gasteiger partial charge < -0.3 is 14.8 Å². The zero-order valence-electron chi connectivity index (χ0n) is 14.3. The SMILES string of the molecule is COc1c(Cl)cccc1S(=O)(=O)Nc1cnc2c(c1)C(=O)NC1(CC1)CO2. The minimum Gasteiger partial charge on any atom is -0.494 e. The molecular formula is C17H16ClN3O5S. The maximum Gasteiger partial charge on any atom is 0.265 e. The van der Waals surface area contributed by atoms with Gasteiger partial charge in [0.25, 0.3) is 15.9 Å². The fourth-order valence-electron chi connectivity index (χ4n) is 2.87. The van der Waals surface area contributed by atoms with E-state index < -0.39 is 10.0 Å². The number of carbonyl (C=O) groups excluding carboxylic acids is 1. The summed E-state index contributed by atoms with van der Waals surface area (Å²) in [6.45, 7) is 0.351. The highest BCUT2D eigenvalue weighted by Gasteiger charge is 2.47. The van der Waals surface area contributed by atoms with Crippen molar-refractivity contribution in [3.05, 3.63) is 41.0 Å². The van der Waals surface area contributed by atoms with E-state index in [1.165, 1.54) is 37.6 Å². The fraction of sp³-hybridized carbons (Fsp3) is 0.294. The molecule has 27 heavy (non-hydrogen) atoms. The molecule has 142 valence electrons. The Morgan fingerprint density at radius 3 is 2.85 bits per heavy atom. The van der Waals surface area contributed by atoms with Crippen molar-refractivity contribution in [2.75, 3.05) is 18.4 Å². The number of rotatable bonds is 4. The molecule has 0 saturated heterocycles. The zero-order chi connectivity index (χ0) is 19.2. The number of fused-ring (bicyclic) bond motifs is 1. The first kappa shape index (κ1) is 17.9. The summed E-state index contributed by atoms with van der Waals surface area (Å²) in [6.07, 6.45) is 2.99. The molecule has 1 spiro atoms. The molecule has 2 aromatic rings. The second kappa shape index (κ2) is 6.28. The van der Waals surface area contributed by atoms with Crippen LogP contribution in [0, 0.1) is 0 Å². The van der Waals surface area contributed by atoms with E-state index in [0.29, 0.717) is 6.61 Å². The maximum absolute atomic E-state index is 12.8. The minimum absolute atomic E-state index is 0.0335. The monoisotopic (exact) mass is 409 g/mol. The molecule has 2 aliphatic rings. The molecule has 0 unspecified atom stereocenters. The Morgan fingerprint density at radius 2 is 2.15 bits per heavy atom. The van der Waals surface area contributed by atoms with E-state index in [4.69, 9.17) is 21.1 Å². The van der Waals surface area contributed by atoms with Gasteiger partial charge in [0.15, 0.2) is 5.75 Å². The van der Waals surface area contributed by atoms with Crippen LogP contribution in [0.25, 0.3) is 0 Å². The Labute approximate surface area is 160 Å². The van der Waals surface area contributed by atoms with Crippen LogP contribution in [-0.2, 0) is 10.0 Å². The Hall–Kier alpha value is -2.52. The van der Waals surface area contributed by atoms with Crippen LogP contribution in [0.3, 0.4) is 0 Å². The number of ether oxygens (including phenoxy) is 2. The number of para-hydroxylation sites is 1. The maximum atomic E-state index is 12.8. The van der Waals surface area contributed by atoms with Crippen molar-refractivity contribution in [3.8, 4) is 11.6 Å². The van der Waals surface area contributed by atoms with E-state index >= 15 is 0 Å². The smallest absolute Gasteiger partial charge is 0.265 e. The van der Waals surface area contributed by atoms with Gasteiger partial charge in [-0.1, -0.05) is 17.7 Å². The predicted octanol–water partition coefficient (Wildman–Crippen LogP) is 2.20. The molecule has 4 rings (SSSR count). The first-order valence-electron chi connectivity index (χ1n) is 8.14. The van der Waals surface area contributed by atoms with E-state index in [-0.39, 0.29) is 44.2 Å². The highest BCUT2D eigenvalue weighted by molar-refractivity contribution is 7.92. The van der Waals surface area contributed by atoms with Crippen molar-refractivity contribution in [1.29, 1.82) is 0 Å². The summed E-state index contributed by atoms with van der Waals surface area (Å²) in [7, 11) is -2.68. The average Bonchev–Trinajstić information content (AvgIpc) is 3.41. The lowest BCUT2D eigenvalue weighted by Gasteiger charge is -2.13. The van der Waals surface area contributed by atoms with Crippen LogP contribution in [0.4, 0.5) is 5.69 Å². The van der Waals surface area contributed by atoms with Crippen molar-refractivity contribution in [2.24, 2.45) is 0 Å². The standard InChI is InChI=1S/C17H16ClN3O5S/c1-25-14-12(18)3-2-4-13(14)27(23,24)21-10-7-11-15(22)20-17(5-6-17)9-26-16(11)19-8-10/h2-4,7-8,21H,5-6,9H2,1H3,(H,20,22). The number of carbonyl (C=O) groups is 1. The Bertz CT molecular complexity index is 1040. The number of anilines is 1. The van der Waals surface area contributed by atoms with Gasteiger partial charge in [-0.25, -0.2) is 13.4 Å². The van der Waals surface area contributed by atoms with Gasteiger partial charge in [0.1, 0.15) is 17.1 Å². The van der Waals surface area contributed by atoms with Crippen molar-refractivity contribution < 1.29 is 22.7 Å². The Kier molecular flexibility index (Phi) is 4.15. The molecule has 2 heterocycles. The van der Waals surface area contributed by atoms with Crippen LogP contribution >= 0.6 is 11.6 Å².